The second kappa shape index (κ2) is 11.5. The van der Waals surface area contributed by atoms with Crippen molar-refractivity contribution < 1.29 is 0 Å². The first kappa shape index (κ1) is 35.4. The highest BCUT2D eigenvalue weighted by Gasteiger charge is 2.94. The first-order valence-corrected chi connectivity index (χ1v) is 37.5. The van der Waals surface area contributed by atoms with Crippen LogP contribution in [0.4, 0.5) is 0 Å². The number of rotatable bonds is 5. The molecule has 0 aliphatic carbocycles. The molecule has 0 unspecified atom stereocenters. The summed E-state index contributed by atoms with van der Waals surface area (Å²) in [5.41, 5.74) is 23.5. The Balaban J connectivity index is 1.57. The van der Waals surface area contributed by atoms with E-state index in [-0.39, 0.29) is 0 Å². The minimum atomic E-state index is -2.09. The number of hydrogen-bond acceptors (Lipinski definition) is 0. The van der Waals surface area contributed by atoms with Gasteiger partial charge in [0.2, 0.25) is 0 Å². The fourth-order valence-corrected chi connectivity index (χ4v) is 349. The molecule has 5 aromatic rings. The average molecular weight is 764 g/mol. The maximum Gasteiger partial charge on any atom is 0.0280 e. The summed E-state index contributed by atoms with van der Waals surface area (Å²) >= 11 is 0. The SMILES string of the molecule is Cc1cc(C)c([Si]2(c3c(C)cc(C)cc3C)[Si]3[Si-]4[Si]2[Si]3(c2c(C)cc(C)cc2C)[Si]4(c2c(C)cc(C)cc2C)c2c(C)cc(C)cc2C)c(C)c1. The van der Waals surface area contributed by atoms with Crippen LogP contribution >= 0.6 is 0 Å². The van der Waals surface area contributed by atoms with Crippen molar-refractivity contribution in [2.24, 2.45) is 0 Å². The molecule has 0 saturated carbocycles. The highest BCUT2D eigenvalue weighted by atomic mass is 30.9. The van der Waals surface area contributed by atoms with Crippen LogP contribution in [0.25, 0.3) is 0 Å². The predicted octanol–water partition coefficient (Wildman–Crippen LogP) is 6.65. The Kier molecular flexibility index (Phi) is 7.96. The zero-order valence-electron chi connectivity index (χ0n) is 33.8. The van der Waals surface area contributed by atoms with Gasteiger partial charge in [0.25, 0.3) is 0 Å². The Hall–Kier alpha value is -2.60. The molecule has 5 heterocycles. The molecule has 5 fully saturated rings. The Morgan fingerprint density at radius 3 is 0.784 bits per heavy atom. The molecule has 6 heteroatoms. The van der Waals surface area contributed by atoms with Crippen molar-refractivity contribution in [3.8, 4) is 0 Å². The predicted molar refractivity (Wildman–Crippen MR) is 236 cm³/mol. The molecule has 2 radical (unpaired) electrons. The molecule has 0 spiro atoms. The van der Waals surface area contributed by atoms with Crippen LogP contribution in [0.2, 0.25) is 0 Å². The van der Waals surface area contributed by atoms with Gasteiger partial charge in [-0.05, 0) is 118 Å². The molecule has 4 bridgehead atoms. The van der Waals surface area contributed by atoms with E-state index in [4.69, 9.17) is 0 Å². The molecule has 5 aromatic carbocycles. The fourth-order valence-electron chi connectivity index (χ4n) is 13.0. The summed E-state index contributed by atoms with van der Waals surface area (Å²) in [7, 11) is -5.79. The first-order chi connectivity index (χ1) is 24.0. The average Bonchev–Trinajstić information content (AvgIpc) is 2.93. The molecule has 260 valence electrons. The Bertz CT molecular complexity index is 2120. The van der Waals surface area contributed by atoms with Gasteiger partial charge in [-0.25, -0.2) is 0 Å². The molecule has 5 saturated heterocycles. The molecule has 0 atom stereocenters. The minimum Gasteiger partial charge on any atom is -0.261 e. The highest BCUT2D eigenvalue weighted by Crippen LogP contribution is 2.66. The van der Waals surface area contributed by atoms with Gasteiger partial charge in [-0.2, -0.15) is 0 Å². The van der Waals surface area contributed by atoms with Gasteiger partial charge in [0.05, 0.1) is 0 Å². The summed E-state index contributed by atoms with van der Waals surface area (Å²) in [6, 6.07) is 25.8. The molecule has 10 rings (SSSR count). The van der Waals surface area contributed by atoms with E-state index in [0.29, 0.717) is 0 Å². The second-order valence-electron chi connectivity index (χ2n) is 17.2. The van der Waals surface area contributed by atoms with Crippen LogP contribution in [0.3, 0.4) is 0 Å². The van der Waals surface area contributed by atoms with E-state index in [1.165, 1.54) is 27.8 Å². The third-order valence-corrected chi connectivity index (χ3v) is 184. The Morgan fingerprint density at radius 2 is 0.529 bits per heavy atom. The third kappa shape index (κ3) is 4.10. The smallest absolute Gasteiger partial charge is 0.0280 e. The molecule has 0 N–H and O–H groups in total. The molecule has 5 aliphatic rings. The zero-order valence-corrected chi connectivity index (χ0v) is 39.8. The lowest BCUT2D eigenvalue weighted by Gasteiger charge is -3.11. The quantitative estimate of drug-likeness (QED) is 0.176. The van der Waals surface area contributed by atoms with Gasteiger partial charge in [-0.15, -0.1) is 14.7 Å². The molecule has 51 heavy (non-hydrogen) atoms. The Labute approximate surface area is 315 Å². The van der Waals surface area contributed by atoms with Gasteiger partial charge in [0.15, 0.2) is 0 Å². The van der Waals surface area contributed by atoms with Crippen molar-refractivity contribution in [2.45, 2.75) is 104 Å². The maximum absolute atomic E-state index is 2.61. The van der Waals surface area contributed by atoms with E-state index in [1.54, 1.807) is 55.6 Å². The first-order valence-electron chi connectivity index (χ1n) is 19.0. The van der Waals surface area contributed by atoms with Crippen molar-refractivity contribution in [1.82, 2.24) is 0 Å². The van der Waals surface area contributed by atoms with E-state index in [1.807, 2.05) is 25.9 Å². The van der Waals surface area contributed by atoms with Crippen molar-refractivity contribution in [1.29, 1.82) is 0 Å². The normalized spacial score (nSPS) is 18.3. The van der Waals surface area contributed by atoms with Crippen LogP contribution in [0.5, 0.6) is 0 Å². The van der Waals surface area contributed by atoms with E-state index in [9.17, 15) is 0 Å². The van der Waals surface area contributed by atoms with E-state index in [0.717, 1.165) is 0 Å². The van der Waals surface area contributed by atoms with Crippen molar-refractivity contribution in [3.05, 3.63) is 144 Å². The standard InChI is InChI=1S/C45H55Si6/c1-26-16-31(6)41(32(7)17-26)49(42-33(8)18-27(2)19-34(42)9)47-46-48(49)51(47,45-39(14)24-30(5)25-40(45)15)50(46,43-35(10)20-28(3)21-36(43)11)44-37(12)22-29(4)23-38(44)13/h16-25H,1-15H3/q-1. The summed E-state index contributed by atoms with van der Waals surface area (Å²) in [6.45, 7) is 34.9. The van der Waals surface area contributed by atoms with Crippen molar-refractivity contribution >= 4 is 68.8 Å². The van der Waals surface area contributed by atoms with E-state index in [2.05, 4.69) is 165 Å². The van der Waals surface area contributed by atoms with Crippen LogP contribution in [-0.4, -0.2) is 42.9 Å². The van der Waals surface area contributed by atoms with Crippen LogP contribution in [0, 0.1) is 104 Å². The highest BCUT2D eigenvalue weighted by molar-refractivity contribution is 8.65. The summed E-state index contributed by atoms with van der Waals surface area (Å²) in [6.07, 6.45) is 0. The van der Waals surface area contributed by atoms with Gasteiger partial charge in [-0.1, -0.05) is 170 Å². The van der Waals surface area contributed by atoms with Crippen LogP contribution in [0.1, 0.15) is 83.5 Å². The summed E-state index contributed by atoms with van der Waals surface area (Å²) in [5, 5.41) is 9.66. The molecular weight excluding hydrogens is 709 g/mol. The molecule has 5 aliphatic heterocycles. The Morgan fingerprint density at radius 1 is 0.314 bits per heavy atom. The molecule has 0 nitrogen and oxygen atoms in total. The number of hydrogen-bond donors (Lipinski definition) is 0. The maximum atomic E-state index is 2.61. The van der Waals surface area contributed by atoms with Gasteiger partial charge in [0.1, 0.15) is 0 Å². The monoisotopic (exact) mass is 763 g/mol. The topological polar surface area (TPSA) is 0 Å². The van der Waals surface area contributed by atoms with Crippen LogP contribution < -0.4 is 25.9 Å². The minimum absolute atomic E-state index is 0.514. The van der Waals surface area contributed by atoms with Gasteiger partial charge >= 0.3 is 0 Å². The lowest BCUT2D eigenvalue weighted by molar-refractivity contribution is 1.33. The molecular formula is C45H55Si6-. The van der Waals surface area contributed by atoms with Gasteiger partial charge < -0.3 is 0 Å². The third-order valence-electron chi connectivity index (χ3n) is 13.2. The van der Waals surface area contributed by atoms with Crippen molar-refractivity contribution in [2.75, 3.05) is 0 Å². The van der Waals surface area contributed by atoms with E-state index >= 15 is 0 Å². The van der Waals surface area contributed by atoms with Crippen molar-refractivity contribution in [3.63, 3.8) is 0 Å². The second-order valence-corrected chi connectivity index (χ2v) is 76.7. The van der Waals surface area contributed by atoms with Crippen LogP contribution in [0.15, 0.2) is 60.7 Å². The summed E-state index contributed by atoms with van der Waals surface area (Å²) in [4.78, 5) is 0. The van der Waals surface area contributed by atoms with E-state index < -0.39 is 42.9 Å². The zero-order chi connectivity index (χ0) is 36.9. The molecule has 0 aromatic heterocycles. The molecule has 0 amide bonds. The number of benzene rings is 5. The lowest BCUT2D eigenvalue weighted by atomic mass is 10.1. The largest absolute Gasteiger partial charge is 0.261 e. The number of aryl methyl sites for hydroxylation is 15. The van der Waals surface area contributed by atoms with Crippen LogP contribution in [-0.2, 0) is 0 Å². The van der Waals surface area contributed by atoms with Gasteiger partial charge in [0, 0.05) is 7.11 Å². The fraction of sp³-hybridized carbons (Fsp3) is 0.333. The summed E-state index contributed by atoms with van der Waals surface area (Å²) < 4.78 is 0. The summed E-state index contributed by atoms with van der Waals surface area (Å²) in [5.74, 6) is 0. The van der Waals surface area contributed by atoms with Gasteiger partial charge in [-0.3, -0.25) is 7.35 Å². The lowest BCUT2D eigenvalue weighted by Crippen LogP contribution is -3.40.